The van der Waals surface area contributed by atoms with Crippen LogP contribution in [0.1, 0.15) is 43.4 Å². The normalized spacial score (nSPS) is 16.8. The van der Waals surface area contributed by atoms with E-state index in [0.29, 0.717) is 40.8 Å². The van der Waals surface area contributed by atoms with Crippen LogP contribution in [0.3, 0.4) is 0 Å². The molecule has 172 valence electrons. The summed E-state index contributed by atoms with van der Waals surface area (Å²) in [7, 11) is 0. The van der Waals surface area contributed by atoms with Gasteiger partial charge in [0.2, 0.25) is 5.82 Å². The molecular formula is C26H24N4O4. The zero-order valence-corrected chi connectivity index (χ0v) is 19.0. The maximum Gasteiger partial charge on any atom is 0.328 e. The highest BCUT2D eigenvalue weighted by Crippen LogP contribution is 2.36. The van der Waals surface area contributed by atoms with Gasteiger partial charge in [0.1, 0.15) is 23.6 Å². The monoisotopic (exact) mass is 456 g/mol. The van der Waals surface area contributed by atoms with Gasteiger partial charge in [-0.2, -0.15) is 10.2 Å². The van der Waals surface area contributed by atoms with E-state index in [2.05, 4.69) is 21.5 Å². The number of rotatable bonds is 6. The van der Waals surface area contributed by atoms with E-state index in [1.807, 2.05) is 38.1 Å². The molecule has 34 heavy (non-hydrogen) atoms. The first-order chi connectivity index (χ1) is 16.5. The largest absolute Gasteiger partial charge is 0.490 e. The molecule has 1 aromatic heterocycles. The molecule has 0 radical (unpaired) electrons. The first kappa shape index (κ1) is 21.9. The van der Waals surface area contributed by atoms with Gasteiger partial charge in [-0.1, -0.05) is 23.4 Å². The predicted octanol–water partition coefficient (Wildman–Crippen LogP) is 4.25. The molecule has 0 spiro atoms. The van der Waals surface area contributed by atoms with Crippen LogP contribution in [0, 0.1) is 11.3 Å². The van der Waals surface area contributed by atoms with Crippen molar-refractivity contribution in [1.29, 1.82) is 5.26 Å². The maximum absolute atomic E-state index is 12.5. The first-order valence-electron chi connectivity index (χ1n) is 11.4. The van der Waals surface area contributed by atoms with Crippen molar-refractivity contribution in [3.63, 3.8) is 0 Å². The number of nitrogens with one attached hydrogen (secondary N) is 1. The Hall–Kier alpha value is -3.96. The number of hydrogen-bond donors (Lipinski definition) is 1. The molecule has 1 aliphatic carbocycles. The number of esters is 1. The van der Waals surface area contributed by atoms with Crippen LogP contribution in [0.25, 0.3) is 28.6 Å². The molecule has 1 saturated heterocycles. The predicted molar refractivity (Wildman–Crippen MR) is 124 cm³/mol. The SMILES string of the molecule is CC(C)Oc1ccc(-c2nc(-c3cccc4c3CC=C4OC(=O)C3CCCN3)no2)cc1C#N. The second-order valence-corrected chi connectivity index (χ2v) is 8.59. The molecule has 3 aromatic rings. The highest BCUT2D eigenvalue weighted by atomic mass is 16.5. The summed E-state index contributed by atoms with van der Waals surface area (Å²) < 4.78 is 16.9. The summed E-state index contributed by atoms with van der Waals surface area (Å²) in [6.45, 7) is 4.65. The van der Waals surface area contributed by atoms with E-state index >= 15 is 0 Å². The van der Waals surface area contributed by atoms with Crippen molar-refractivity contribution in [3.05, 3.63) is 59.2 Å². The average Bonchev–Trinajstić information content (AvgIpc) is 3.60. The van der Waals surface area contributed by atoms with E-state index in [1.54, 1.807) is 18.2 Å². The molecule has 0 saturated carbocycles. The molecule has 1 N–H and O–H groups in total. The highest BCUT2D eigenvalue weighted by Gasteiger charge is 2.28. The second kappa shape index (κ2) is 9.12. The number of carbonyl (C=O) groups is 1. The fraction of sp³-hybridized carbons (Fsp3) is 0.308. The van der Waals surface area contributed by atoms with Crippen LogP contribution in [0.5, 0.6) is 5.75 Å². The summed E-state index contributed by atoms with van der Waals surface area (Å²) in [4.78, 5) is 17.0. The fourth-order valence-electron chi connectivity index (χ4n) is 4.27. The second-order valence-electron chi connectivity index (χ2n) is 8.59. The topological polar surface area (TPSA) is 110 Å². The molecule has 2 aliphatic rings. The van der Waals surface area contributed by atoms with E-state index in [4.69, 9.17) is 14.0 Å². The summed E-state index contributed by atoms with van der Waals surface area (Å²) in [5.41, 5.74) is 3.69. The Bertz CT molecular complexity index is 1310. The highest BCUT2D eigenvalue weighted by molar-refractivity contribution is 5.86. The fourth-order valence-corrected chi connectivity index (χ4v) is 4.27. The van der Waals surface area contributed by atoms with Crippen LogP contribution in [0.4, 0.5) is 0 Å². The Morgan fingerprint density at radius 3 is 2.88 bits per heavy atom. The number of nitriles is 1. The molecule has 8 heteroatoms. The Balaban J connectivity index is 1.39. The maximum atomic E-state index is 12.5. The summed E-state index contributed by atoms with van der Waals surface area (Å²) in [6.07, 6.45) is 4.25. The van der Waals surface area contributed by atoms with E-state index < -0.39 is 0 Å². The van der Waals surface area contributed by atoms with Crippen molar-refractivity contribution in [2.75, 3.05) is 6.54 Å². The minimum Gasteiger partial charge on any atom is -0.490 e. The number of nitrogens with zero attached hydrogens (tertiary/aromatic N) is 3. The van der Waals surface area contributed by atoms with Gasteiger partial charge in [0.15, 0.2) is 0 Å². The zero-order chi connectivity index (χ0) is 23.7. The number of allylic oxidation sites excluding steroid dienone is 1. The number of hydrogen-bond acceptors (Lipinski definition) is 8. The lowest BCUT2D eigenvalue weighted by molar-refractivity contribution is -0.138. The third-order valence-electron chi connectivity index (χ3n) is 5.87. The zero-order valence-electron chi connectivity index (χ0n) is 19.0. The lowest BCUT2D eigenvalue weighted by Gasteiger charge is -2.12. The van der Waals surface area contributed by atoms with Crippen molar-refractivity contribution in [2.45, 2.75) is 45.3 Å². The van der Waals surface area contributed by atoms with Crippen molar-refractivity contribution in [3.8, 4) is 34.7 Å². The van der Waals surface area contributed by atoms with Crippen LogP contribution in [0.2, 0.25) is 0 Å². The lowest BCUT2D eigenvalue weighted by Crippen LogP contribution is -2.31. The molecule has 1 aliphatic heterocycles. The van der Waals surface area contributed by atoms with Crippen molar-refractivity contribution < 1.29 is 18.8 Å². The van der Waals surface area contributed by atoms with Gasteiger partial charge in [0, 0.05) is 16.7 Å². The van der Waals surface area contributed by atoms with Crippen LogP contribution in [-0.2, 0) is 16.0 Å². The molecule has 0 amide bonds. The van der Waals surface area contributed by atoms with Crippen LogP contribution in [-0.4, -0.2) is 34.8 Å². The molecule has 1 unspecified atom stereocenters. The number of fused-ring (bicyclic) bond motifs is 1. The number of ether oxygens (including phenoxy) is 2. The first-order valence-corrected chi connectivity index (χ1v) is 11.4. The van der Waals surface area contributed by atoms with Gasteiger partial charge in [0.25, 0.3) is 5.89 Å². The van der Waals surface area contributed by atoms with Gasteiger partial charge in [-0.05, 0) is 69.5 Å². The number of aromatic nitrogens is 2. The van der Waals surface area contributed by atoms with E-state index in [0.717, 1.165) is 36.1 Å². The van der Waals surface area contributed by atoms with Gasteiger partial charge in [-0.15, -0.1) is 0 Å². The summed E-state index contributed by atoms with van der Waals surface area (Å²) in [5, 5.41) is 16.8. The Kier molecular flexibility index (Phi) is 5.86. The van der Waals surface area contributed by atoms with E-state index in [9.17, 15) is 10.1 Å². The smallest absolute Gasteiger partial charge is 0.328 e. The third kappa shape index (κ3) is 4.18. The van der Waals surface area contributed by atoms with Crippen molar-refractivity contribution in [2.24, 2.45) is 0 Å². The Labute approximate surface area is 197 Å². The van der Waals surface area contributed by atoms with Gasteiger partial charge in [-0.3, -0.25) is 0 Å². The van der Waals surface area contributed by atoms with Gasteiger partial charge in [0.05, 0.1) is 11.7 Å². The Morgan fingerprint density at radius 2 is 2.12 bits per heavy atom. The number of benzene rings is 2. The molecule has 0 bridgehead atoms. The third-order valence-corrected chi connectivity index (χ3v) is 5.87. The average molecular weight is 457 g/mol. The standard InChI is InChI=1S/C26H24N4O4/c1-15(2)32-22-10-8-16(13-17(22)14-27)25-29-24(30-34-25)20-6-3-5-19-18(20)9-11-23(19)33-26(31)21-7-4-12-28-21/h3,5-6,8,10-11,13,15,21,28H,4,7,9,12H2,1-2H3. The minimum absolute atomic E-state index is 0.0414. The minimum atomic E-state index is -0.248. The van der Waals surface area contributed by atoms with Crippen molar-refractivity contribution in [1.82, 2.24) is 15.5 Å². The van der Waals surface area contributed by atoms with Crippen LogP contribution < -0.4 is 10.1 Å². The van der Waals surface area contributed by atoms with Gasteiger partial charge >= 0.3 is 5.97 Å². The van der Waals surface area contributed by atoms with Crippen LogP contribution in [0.15, 0.2) is 47.0 Å². The van der Waals surface area contributed by atoms with E-state index in [1.165, 1.54) is 0 Å². The molecule has 5 rings (SSSR count). The summed E-state index contributed by atoms with van der Waals surface area (Å²) in [6, 6.07) is 12.9. The molecule has 2 heterocycles. The van der Waals surface area contributed by atoms with Crippen LogP contribution >= 0.6 is 0 Å². The Morgan fingerprint density at radius 1 is 1.26 bits per heavy atom. The number of carbonyl (C=O) groups excluding carboxylic acids is 1. The summed E-state index contributed by atoms with van der Waals surface area (Å²) >= 11 is 0. The van der Waals surface area contributed by atoms with E-state index in [-0.39, 0.29) is 18.1 Å². The molecule has 1 fully saturated rings. The quantitative estimate of drug-likeness (QED) is 0.548. The van der Waals surface area contributed by atoms with Crippen molar-refractivity contribution >= 4 is 11.7 Å². The lowest BCUT2D eigenvalue weighted by atomic mass is 10.0. The molecule has 1 atom stereocenters. The van der Waals surface area contributed by atoms with Gasteiger partial charge in [-0.25, -0.2) is 4.79 Å². The van der Waals surface area contributed by atoms with Gasteiger partial charge < -0.3 is 19.3 Å². The molecular weight excluding hydrogens is 432 g/mol. The molecule has 8 nitrogen and oxygen atoms in total. The summed E-state index contributed by atoms with van der Waals surface area (Å²) in [5.74, 6) is 1.58. The molecule has 2 aromatic carbocycles.